The van der Waals surface area contributed by atoms with Crippen molar-refractivity contribution in [2.75, 3.05) is 0 Å². The fraction of sp³-hybridized carbons (Fsp3) is 0.120. The van der Waals surface area contributed by atoms with E-state index in [1.54, 1.807) is 0 Å². The molecule has 0 fully saturated rings. The Morgan fingerprint density at radius 3 is 2.07 bits per heavy atom. The van der Waals surface area contributed by atoms with Crippen molar-refractivity contribution in [2.45, 2.75) is 19.8 Å². The van der Waals surface area contributed by atoms with Crippen molar-refractivity contribution >= 4 is 0 Å². The minimum atomic E-state index is 0.0312. The van der Waals surface area contributed by atoms with Gasteiger partial charge in [0.2, 0.25) is 0 Å². The lowest BCUT2D eigenvalue weighted by Gasteiger charge is -2.08. The van der Waals surface area contributed by atoms with Gasteiger partial charge in [0.25, 0.3) is 0 Å². The van der Waals surface area contributed by atoms with Crippen molar-refractivity contribution in [1.82, 2.24) is 4.57 Å². The van der Waals surface area contributed by atoms with Crippen LogP contribution in [0.15, 0.2) is 97.3 Å². The van der Waals surface area contributed by atoms with Crippen LogP contribution in [0, 0.1) is 0 Å². The normalized spacial score (nSPS) is 10.8. The van der Waals surface area contributed by atoms with E-state index in [9.17, 15) is 5.11 Å². The number of aromatic nitrogens is 1. The number of aliphatic hydroxyl groups excluding tert-OH is 1. The molecule has 0 aliphatic rings. The summed E-state index contributed by atoms with van der Waals surface area (Å²) in [6.07, 6.45) is 4.11. The molecule has 1 heterocycles. The summed E-state index contributed by atoms with van der Waals surface area (Å²) >= 11 is 0. The summed E-state index contributed by atoms with van der Waals surface area (Å²) in [7, 11) is 0. The predicted molar refractivity (Wildman–Crippen MR) is 112 cm³/mol. The van der Waals surface area contributed by atoms with Gasteiger partial charge in [0.05, 0.1) is 6.61 Å². The molecule has 0 saturated carbocycles. The van der Waals surface area contributed by atoms with Gasteiger partial charge in [0, 0.05) is 30.1 Å². The molecule has 0 atom stereocenters. The highest BCUT2D eigenvalue weighted by molar-refractivity contribution is 5.66. The zero-order valence-corrected chi connectivity index (χ0v) is 15.7. The van der Waals surface area contributed by atoms with Crippen LogP contribution in [0.1, 0.15) is 16.7 Å². The summed E-state index contributed by atoms with van der Waals surface area (Å²) in [5.41, 5.74) is 5.48. The van der Waals surface area contributed by atoms with Gasteiger partial charge in [-0.2, -0.15) is 0 Å². The lowest BCUT2D eigenvalue weighted by Crippen LogP contribution is -1.98. The first kappa shape index (κ1) is 18.1. The third-order valence-electron chi connectivity index (χ3n) is 4.75. The number of hydrogen-bond acceptors (Lipinski definition) is 2. The van der Waals surface area contributed by atoms with Crippen LogP contribution in [-0.4, -0.2) is 9.67 Å². The van der Waals surface area contributed by atoms with E-state index in [2.05, 4.69) is 47.2 Å². The lowest BCUT2D eigenvalue weighted by atomic mass is 10.1. The predicted octanol–water partition coefficient (Wildman–Crippen LogP) is 5.27. The first-order valence-corrected chi connectivity index (χ1v) is 9.42. The van der Waals surface area contributed by atoms with Gasteiger partial charge in [-0.05, 0) is 28.8 Å². The van der Waals surface area contributed by atoms with E-state index in [0.29, 0.717) is 6.61 Å². The summed E-state index contributed by atoms with van der Waals surface area (Å²) in [5, 5.41) is 9.72. The smallest absolute Gasteiger partial charge is 0.119 e. The number of nitrogens with zero attached hydrogens (tertiary/aromatic N) is 1. The molecule has 4 aromatic rings. The summed E-state index contributed by atoms with van der Waals surface area (Å²) in [4.78, 5) is 0. The highest BCUT2D eigenvalue weighted by atomic mass is 16.5. The van der Waals surface area contributed by atoms with Gasteiger partial charge in [0.15, 0.2) is 0 Å². The van der Waals surface area contributed by atoms with Crippen molar-refractivity contribution < 1.29 is 9.84 Å². The van der Waals surface area contributed by atoms with E-state index in [0.717, 1.165) is 34.5 Å². The zero-order chi connectivity index (χ0) is 19.2. The van der Waals surface area contributed by atoms with Crippen molar-refractivity contribution in [1.29, 1.82) is 0 Å². The third-order valence-corrected chi connectivity index (χ3v) is 4.75. The standard InChI is InChI=1S/C25H23NO2/c27-18-23-16-26(17-25(23)22-9-5-2-6-10-22)15-20-11-13-24(14-12-20)28-19-21-7-3-1-4-8-21/h1-14,16-17,27H,15,18-19H2. The van der Waals surface area contributed by atoms with E-state index in [-0.39, 0.29) is 6.61 Å². The van der Waals surface area contributed by atoms with Crippen LogP contribution in [0.4, 0.5) is 0 Å². The van der Waals surface area contributed by atoms with Crippen LogP contribution < -0.4 is 4.74 Å². The van der Waals surface area contributed by atoms with Gasteiger partial charge in [-0.3, -0.25) is 0 Å². The maximum Gasteiger partial charge on any atom is 0.119 e. The molecule has 28 heavy (non-hydrogen) atoms. The van der Waals surface area contributed by atoms with E-state index < -0.39 is 0 Å². The van der Waals surface area contributed by atoms with Gasteiger partial charge in [-0.15, -0.1) is 0 Å². The number of benzene rings is 3. The molecule has 3 heteroatoms. The van der Waals surface area contributed by atoms with Crippen LogP contribution in [0.3, 0.4) is 0 Å². The molecule has 3 nitrogen and oxygen atoms in total. The second-order valence-corrected chi connectivity index (χ2v) is 6.81. The second kappa shape index (κ2) is 8.59. The minimum absolute atomic E-state index is 0.0312. The topological polar surface area (TPSA) is 34.4 Å². The molecular formula is C25H23NO2. The third kappa shape index (κ3) is 4.33. The molecule has 0 bridgehead atoms. The molecule has 1 aromatic heterocycles. The number of aliphatic hydroxyl groups is 1. The van der Waals surface area contributed by atoms with Gasteiger partial charge in [-0.25, -0.2) is 0 Å². The summed E-state index contributed by atoms with van der Waals surface area (Å²) < 4.78 is 7.97. The van der Waals surface area contributed by atoms with Crippen molar-refractivity contribution in [2.24, 2.45) is 0 Å². The van der Waals surface area contributed by atoms with E-state index in [1.807, 2.05) is 54.7 Å². The van der Waals surface area contributed by atoms with E-state index in [1.165, 1.54) is 5.56 Å². The first-order chi connectivity index (χ1) is 13.8. The van der Waals surface area contributed by atoms with E-state index in [4.69, 9.17) is 4.74 Å². The number of hydrogen-bond donors (Lipinski definition) is 1. The van der Waals surface area contributed by atoms with Crippen molar-refractivity contribution in [3.63, 3.8) is 0 Å². The minimum Gasteiger partial charge on any atom is -0.489 e. The molecule has 0 saturated heterocycles. The number of ether oxygens (including phenoxy) is 1. The fourth-order valence-corrected chi connectivity index (χ4v) is 3.29. The average molecular weight is 369 g/mol. The molecule has 0 aliphatic heterocycles. The average Bonchev–Trinajstić information content (AvgIpc) is 3.17. The maximum atomic E-state index is 9.72. The monoisotopic (exact) mass is 369 g/mol. The van der Waals surface area contributed by atoms with Gasteiger partial charge in [-0.1, -0.05) is 72.8 Å². The maximum absolute atomic E-state index is 9.72. The fourth-order valence-electron chi connectivity index (χ4n) is 3.29. The van der Waals surface area contributed by atoms with Gasteiger partial charge >= 0.3 is 0 Å². The van der Waals surface area contributed by atoms with Crippen LogP contribution in [0.5, 0.6) is 5.75 Å². The Bertz CT molecular complexity index is 1010. The van der Waals surface area contributed by atoms with Gasteiger partial charge in [0.1, 0.15) is 12.4 Å². The molecule has 0 unspecified atom stereocenters. The largest absolute Gasteiger partial charge is 0.489 e. The highest BCUT2D eigenvalue weighted by Crippen LogP contribution is 2.25. The second-order valence-electron chi connectivity index (χ2n) is 6.81. The van der Waals surface area contributed by atoms with Crippen LogP contribution in [0.2, 0.25) is 0 Å². The Morgan fingerprint density at radius 1 is 0.714 bits per heavy atom. The Balaban J connectivity index is 1.44. The van der Waals surface area contributed by atoms with Crippen LogP contribution in [0.25, 0.3) is 11.1 Å². The van der Waals surface area contributed by atoms with Crippen molar-refractivity contribution in [3.8, 4) is 16.9 Å². The summed E-state index contributed by atoms with van der Waals surface area (Å²) in [6.45, 7) is 1.35. The first-order valence-electron chi connectivity index (χ1n) is 9.42. The van der Waals surface area contributed by atoms with Gasteiger partial charge < -0.3 is 14.4 Å². The molecule has 3 aromatic carbocycles. The quantitative estimate of drug-likeness (QED) is 0.481. The molecule has 0 spiro atoms. The molecule has 0 aliphatic carbocycles. The van der Waals surface area contributed by atoms with Crippen LogP contribution >= 0.6 is 0 Å². The molecule has 0 radical (unpaired) electrons. The molecule has 0 amide bonds. The Labute approximate surface area is 165 Å². The highest BCUT2D eigenvalue weighted by Gasteiger charge is 2.08. The lowest BCUT2D eigenvalue weighted by molar-refractivity contribution is 0.282. The van der Waals surface area contributed by atoms with E-state index >= 15 is 0 Å². The Hall–Kier alpha value is -3.30. The molecule has 1 N–H and O–H groups in total. The summed E-state index contributed by atoms with van der Waals surface area (Å²) in [5.74, 6) is 0.862. The molecule has 140 valence electrons. The summed E-state index contributed by atoms with van der Waals surface area (Å²) in [6, 6.07) is 28.5. The SMILES string of the molecule is OCc1cn(Cc2ccc(OCc3ccccc3)cc2)cc1-c1ccccc1. The zero-order valence-electron chi connectivity index (χ0n) is 15.7. The number of rotatable bonds is 7. The van der Waals surface area contributed by atoms with Crippen molar-refractivity contribution in [3.05, 3.63) is 114 Å². The Kier molecular flexibility index (Phi) is 5.55. The molecule has 4 rings (SSSR count). The Morgan fingerprint density at radius 2 is 1.39 bits per heavy atom. The van der Waals surface area contributed by atoms with Crippen LogP contribution in [-0.2, 0) is 19.8 Å². The molecular weight excluding hydrogens is 346 g/mol.